The fourth-order valence-electron chi connectivity index (χ4n) is 8.10. The Morgan fingerprint density at radius 3 is 0.892 bits per heavy atom. The Hall–Kier alpha value is -4.19. The molecule has 0 fully saturated rings. The molecule has 0 aliphatic heterocycles. The van der Waals surface area contributed by atoms with Crippen molar-refractivity contribution in [1.82, 2.24) is 0 Å². The van der Waals surface area contributed by atoms with Gasteiger partial charge in [-0.15, -0.1) is 0 Å². The molecule has 0 aliphatic rings. The summed E-state index contributed by atoms with van der Waals surface area (Å²) < 4.78 is 16.8. The highest BCUT2D eigenvalue weighted by Gasteiger charge is 2.19. The molecule has 0 saturated carbocycles. The third kappa shape index (κ3) is 58.7. The molecule has 0 aliphatic carbocycles. The normalized spacial score (nSPS) is 13.0. The van der Waals surface area contributed by atoms with Gasteiger partial charge in [0.1, 0.15) is 13.2 Å². The van der Waals surface area contributed by atoms with E-state index in [2.05, 4.69) is 142 Å². The highest BCUT2D eigenvalue weighted by atomic mass is 16.6. The molecule has 0 aromatic heterocycles. The van der Waals surface area contributed by atoms with Crippen molar-refractivity contribution in [2.45, 2.75) is 277 Å². The zero-order chi connectivity index (χ0) is 53.6. The highest BCUT2D eigenvalue weighted by molar-refractivity contribution is 5.71. The van der Waals surface area contributed by atoms with Crippen molar-refractivity contribution >= 4 is 17.9 Å². The van der Waals surface area contributed by atoms with Gasteiger partial charge in [0.05, 0.1) is 0 Å². The van der Waals surface area contributed by atoms with Crippen LogP contribution in [0.2, 0.25) is 0 Å². The van der Waals surface area contributed by atoms with Crippen LogP contribution in [0.4, 0.5) is 0 Å². The predicted molar refractivity (Wildman–Crippen MR) is 320 cm³/mol. The second kappa shape index (κ2) is 61.4. The van der Waals surface area contributed by atoms with Gasteiger partial charge in [-0.3, -0.25) is 14.4 Å². The first-order chi connectivity index (χ1) is 36.5. The molecule has 0 heterocycles. The summed E-state index contributed by atoms with van der Waals surface area (Å²) in [5.74, 6) is -0.926. The van der Waals surface area contributed by atoms with E-state index in [0.29, 0.717) is 19.3 Å². The molecule has 6 heteroatoms. The summed E-state index contributed by atoms with van der Waals surface area (Å²) in [5, 5.41) is 0. The number of carbonyl (C=O) groups excluding carboxylic acids is 3. The number of carbonyl (C=O) groups is 3. The third-order valence-electron chi connectivity index (χ3n) is 12.7. The summed E-state index contributed by atoms with van der Waals surface area (Å²) in [6, 6.07) is 0. The Labute approximate surface area is 456 Å². The second-order valence-electron chi connectivity index (χ2n) is 19.9. The van der Waals surface area contributed by atoms with Crippen molar-refractivity contribution in [3.05, 3.63) is 122 Å². The van der Waals surface area contributed by atoms with E-state index in [9.17, 15) is 14.4 Å². The first-order valence-corrected chi connectivity index (χ1v) is 30.5. The van der Waals surface area contributed by atoms with E-state index >= 15 is 0 Å². The van der Waals surface area contributed by atoms with E-state index in [0.717, 1.165) is 154 Å². The Bertz CT molecular complexity index is 1550. The lowest BCUT2D eigenvalue weighted by Crippen LogP contribution is -2.30. The number of hydrogen-bond donors (Lipinski definition) is 0. The van der Waals surface area contributed by atoms with E-state index in [-0.39, 0.29) is 31.1 Å². The maximum Gasteiger partial charge on any atom is 0.306 e. The van der Waals surface area contributed by atoms with E-state index in [1.54, 1.807) is 0 Å². The Morgan fingerprint density at radius 1 is 0.284 bits per heavy atom. The van der Waals surface area contributed by atoms with Crippen LogP contribution in [0.1, 0.15) is 271 Å². The zero-order valence-electron chi connectivity index (χ0n) is 48.1. The van der Waals surface area contributed by atoms with Gasteiger partial charge in [-0.25, -0.2) is 0 Å². The molecular formula is C68H112O6. The standard InChI is InChI=1S/C68H112O6/c1-4-7-10-13-16-19-22-25-27-28-29-30-31-32-33-34-35-36-37-38-39-40-41-44-46-49-52-55-58-61-67(70)73-64-65(63-72-66(69)60-57-54-51-48-45-42-24-21-18-15-12-9-6-3)74-68(71)62-59-56-53-50-47-43-26-23-20-17-14-11-8-5-2/h7,10,12,15-16,19,21,23-27,29-30,32-33,35-36,38-39,65H,4-6,8-9,11,13-14,17-18,20,22,28,31,34,37,40-64H2,1-3H3/b10-7-,15-12-,19-16-,24-21-,26-23-,27-25-,30-29-,33-32-,36-35-,39-38-. The summed E-state index contributed by atoms with van der Waals surface area (Å²) in [4.78, 5) is 38.2. The van der Waals surface area contributed by atoms with Crippen LogP contribution in [0.25, 0.3) is 0 Å². The van der Waals surface area contributed by atoms with Gasteiger partial charge in [0.2, 0.25) is 0 Å². The number of esters is 3. The number of rotatable bonds is 54. The second-order valence-corrected chi connectivity index (χ2v) is 19.9. The number of unbranched alkanes of at least 4 members (excludes halogenated alkanes) is 23. The minimum Gasteiger partial charge on any atom is -0.462 e. The summed E-state index contributed by atoms with van der Waals surface area (Å²) in [5.41, 5.74) is 0. The van der Waals surface area contributed by atoms with Gasteiger partial charge in [0.15, 0.2) is 6.10 Å². The fourth-order valence-corrected chi connectivity index (χ4v) is 8.10. The summed E-state index contributed by atoms with van der Waals surface area (Å²) in [6.07, 6.45) is 84.8. The number of allylic oxidation sites excluding steroid dienone is 20. The SMILES string of the molecule is CC/C=C\C/C=C\C/C=C\C/C=C\C/C=C\C/C=C\C/C=C\CCCCCCCCCC(=O)OCC(COC(=O)CCCCCCC/C=C\C/C=C\CCC)OC(=O)CCCCCCC/C=C\CCCCCCC. The third-order valence-corrected chi connectivity index (χ3v) is 12.7. The van der Waals surface area contributed by atoms with Crippen LogP contribution in [-0.2, 0) is 28.6 Å². The van der Waals surface area contributed by atoms with E-state index < -0.39 is 6.10 Å². The van der Waals surface area contributed by atoms with Crippen LogP contribution in [-0.4, -0.2) is 37.2 Å². The van der Waals surface area contributed by atoms with Gasteiger partial charge >= 0.3 is 17.9 Å². The molecule has 0 N–H and O–H groups in total. The lowest BCUT2D eigenvalue weighted by Gasteiger charge is -2.18. The predicted octanol–water partition coefficient (Wildman–Crippen LogP) is 20.8. The fraction of sp³-hybridized carbons (Fsp3) is 0.662. The molecule has 0 amide bonds. The van der Waals surface area contributed by atoms with Crippen LogP contribution in [0.15, 0.2) is 122 Å². The van der Waals surface area contributed by atoms with Crippen LogP contribution in [0.5, 0.6) is 0 Å². The molecule has 0 aromatic carbocycles. The van der Waals surface area contributed by atoms with Gasteiger partial charge < -0.3 is 14.2 Å². The van der Waals surface area contributed by atoms with Crippen LogP contribution < -0.4 is 0 Å². The molecule has 0 spiro atoms. The smallest absolute Gasteiger partial charge is 0.306 e. The quantitative estimate of drug-likeness (QED) is 0.0261. The lowest BCUT2D eigenvalue weighted by atomic mass is 10.1. The van der Waals surface area contributed by atoms with Crippen molar-refractivity contribution < 1.29 is 28.6 Å². The molecule has 0 radical (unpaired) electrons. The van der Waals surface area contributed by atoms with Crippen molar-refractivity contribution in [2.24, 2.45) is 0 Å². The minimum atomic E-state index is -0.796. The summed E-state index contributed by atoms with van der Waals surface area (Å²) >= 11 is 0. The molecule has 1 atom stereocenters. The topological polar surface area (TPSA) is 78.9 Å². The maximum atomic E-state index is 12.8. The minimum absolute atomic E-state index is 0.0938. The van der Waals surface area contributed by atoms with Gasteiger partial charge in [0.25, 0.3) is 0 Å². The molecule has 0 saturated heterocycles. The largest absolute Gasteiger partial charge is 0.462 e. The first kappa shape index (κ1) is 69.8. The molecular weight excluding hydrogens is 913 g/mol. The van der Waals surface area contributed by atoms with Crippen molar-refractivity contribution in [3.8, 4) is 0 Å². The Morgan fingerprint density at radius 2 is 0.554 bits per heavy atom. The van der Waals surface area contributed by atoms with E-state index in [1.165, 1.54) is 77.0 Å². The molecule has 1 unspecified atom stereocenters. The van der Waals surface area contributed by atoms with Crippen LogP contribution in [0.3, 0.4) is 0 Å². The van der Waals surface area contributed by atoms with E-state index in [1.807, 2.05) is 0 Å². The van der Waals surface area contributed by atoms with Crippen molar-refractivity contribution in [2.75, 3.05) is 13.2 Å². The number of hydrogen-bond acceptors (Lipinski definition) is 6. The van der Waals surface area contributed by atoms with Gasteiger partial charge in [0, 0.05) is 19.3 Å². The molecule has 6 nitrogen and oxygen atoms in total. The monoisotopic (exact) mass is 1020 g/mol. The van der Waals surface area contributed by atoms with E-state index in [4.69, 9.17) is 14.2 Å². The molecule has 420 valence electrons. The van der Waals surface area contributed by atoms with Gasteiger partial charge in [-0.2, -0.15) is 0 Å². The van der Waals surface area contributed by atoms with Gasteiger partial charge in [-0.05, 0) is 128 Å². The first-order valence-electron chi connectivity index (χ1n) is 30.5. The van der Waals surface area contributed by atoms with Crippen LogP contribution >= 0.6 is 0 Å². The summed E-state index contributed by atoms with van der Waals surface area (Å²) in [6.45, 7) is 6.42. The zero-order valence-corrected chi connectivity index (χ0v) is 48.1. The van der Waals surface area contributed by atoms with Gasteiger partial charge in [-0.1, -0.05) is 245 Å². The van der Waals surface area contributed by atoms with Crippen LogP contribution in [0, 0.1) is 0 Å². The average Bonchev–Trinajstić information content (AvgIpc) is 3.40. The Kier molecular flexibility index (Phi) is 57.9. The Balaban J connectivity index is 4.33. The number of ether oxygens (including phenoxy) is 3. The lowest BCUT2D eigenvalue weighted by molar-refractivity contribution is -0.167. The maximum absolute atomic E-state index is 12.8. The average molecular weight is 1030 g/mol. The molecule has 0 rings (SSSR count). The molecule has 0 bridgehead atoms. The van der Waals surface area contributed by atoms with Crippen molar-refractivity contribution in [1.29, 1.82) is 0 Å². The summed E-state index contributed by atoms with van der Waals surface area (Å²) in [7, 11) is 0. The molecule has 74 heavy (non-hydrogen) atoms. The van der Waals surface area contributed by atoms with Crippen molar-refractivity contribution in [3.63, 3.8) is 0 Å². The highest BCUT2D eigenvalue weighted by Crippen LogP contribution is 2.14. The molecule has 0 aromatic rings.